The molecule has 0 saturated carbocycles. The Kier molecular flexibility index (Phi) is 5.98. The number of halogens is 1. The third-order valence-electron chi connectivity index (χ3n) is 5.67. The summed E-state index contributed by atoms with van der Waals surface area (Å²) in [4.78, 5) is 13.8. The highest BCUT2D eigenvalue weighted by molar-refractivity contribution is 9.10. The zero-order chi connectivity index (χ0) is 21.3. The van der Waals surface area contributed by atoms with Crippen molar-refractivity contribution in [2.75, 3.05) is 6.61 Å². The van der Waals surface area contributed by atoms with Gasteiger partial charge in [0.2, 0.25) is 5.88 Å². The highest BCUT2D eigenvalue weighted by atomic mass is 79.9. The summed E-state index contributed by atoms with van der Waals surface area (Å²) >= 11 is 3.49. The fraction of sp³-hybridized carbons (Fsp3) is 0.391. The minimum absolute atomic E-state index is 0.0289. The molecular weight excluding hydrogens is 446 g/mol. The van der Waals surface area contributed by atoms with Crippen LogP contribution in [-0.2, 0) is 17.7 Å². The summed E-state index contributed by atoms with van der Waals surface area (Å²) in [5.74, 6) is -0.0858. The van der Waals surface area contributed by atoms with Crippen LogP contribution in [0.2, 0.25) is 0 Å². The molecule has 2 aliphatic heterocycles. The molecule has 0 aliphatic carbocycles. The van der Waals surface area contributed by atoms with Crippen LogP contribution < -0.4 is 16.0 Å². The lowest BCUT2D eigenvalue weighted by molar-refractivity contribution is 0.0952. The third kappa shape index (κ3) is 3.78. The number of pyridine rings is 1. The van der Waals surface area contributed by atoms with Crippen LogP contribution in [0.3, 0.4) is 0 Å². The van der Waals surface area contributed by atoms with Crippen molar-refractivity contribution < 1.29 is 9.47 Å². The number of hydrogen-bond acceptors (Lipinski definition) is 5. The van der Waals surface area contributed by atoms with Gasteiger partial charge in [-0.1, -0.05) is 41.4 Å². The Morgan fingerprint density at radius 1 is 1.37 bits per heavy atom. The van der Waals surface area contributed by atoms with Crippen molar-refractivity contribution in [3.8, 4) is 11.8 Å². The fourth-order valence-corrected chi connectivity index (χ4v) is 4.71. The van der Waals surface area contributed by atoms with Gasteiger partial charge in [0.25, 0.3) is 5.56 Å². The predicted molar refractivity (Wildman–Crippen MR) is 117 cm³/mol. The molecule has 3 heterocycles. The monoisotopic (exact) mass is 469 g/mol. The summed E-state index contributed by atoms with van der Waals surface area (Å²) in [6, 6.07) is 11.7. The van der Waals surface area contributed by atoms with Gasteiger partial charge < -0.3 is 19.8 Å². The molecule has 1 aromatic carbocycles. The van der Waals surface area contributed by atoms with E-state index in [0.29, 0.717) is 17.9 Å². The fourth-order valence-electron chi connectivity index (χ4n) is 4.29. The molecule has 1 saturated heterocycles. The van der Waals surface area contributed by atoms with E-state index in [1.54, 1.807) is 0 Å². The predicted octanol–water partition coefficient (Wildman–Crippen LogP) is 3.96. The molecule has 1 fully saturated rings. The van der Waals surface area contributed by atoms with E-state index in [9.17, 15) is 10.1 Å². The zero-order valence-electron chi connectivity index (χ0n) is 16.9. The van der Waals surface area contributed by atoms with Crippen LogP contribution in [-0.4, -0.2) is 17.3 Å². The lowest BCUT2D eigenvalue weighted by Gasteiger charge is -2.28. The van der Waals surface area contributed by atoms with Gasteiger partial charge in [0.15, 0.2) is 0 Å². The first kappa shape index (κ1) is 20.7. The van der Waals surface area contributed by atoms with E-state index in [-0.39, 0.29) is 23.1 Å². The second-order valence-corrected chi connectivity index (χ2v) is 8.61. The number of nitrogens with two attached hydrogens (primary N) is 1. The van der Waals surface area contributed by atoms with Gasteiger partial charge in [0, 0.05) is 22.8 Å². The van der Waals surface area contributed by atoms with E-state index in [1.165, 1.54) is 0 Å². The molecule has 1 aromatic heterocycles. The van der Waals surface area contributed by atoms with Gasteiger partial charge in [0.1, 0.15) is 17.4 Å². The average molecular weight is 470 g/mol. The summed E-state index contributed by atoms with van der Waals surface area (Å²) in [5.41, 5.74) is 8.39. The molecule has 30 heavy (non-hydrogen) atoms. The maximum atomic E-state index is 13.8. The lowest BCUT2D eigenvalue weighted by Crippen LogP contribution is -2.35. The lowest BCUT2D eigenvalue weighted by atomic mass is 9.84. The molecule has 2 aromatic rings. The Morgan fingerprint density at radius 3 is 2.87 bits per heavy atom. The number of nitrogens with zero attached hydrogens (tertiary/aromatic N) is 2. The number of aryl methyl sites for hydroxylation is 1. The van der Waals surface area contributed by atoms with E-state index in [0.717, 1.165) is 48.0 Å². The molecule has 0 amide bonds. The number of benzene rings is 1. The van der Waals surface area contributed by atoms with Gasteiger partial charge in [0.05, 0.1) is 24.1 Å². The first-order valence-electron chi connectivity index (χ1n) is 10.2. The second kappa shape index (κ2) is 8.66. The van der Waals surface area contributed by atoms with Crippen LogP contribution in [0.15, 0.2) is 51.1 Å². The first-order valence-corrected chi connectivity index (χ1v) is 11.0. The van der Waals surface area contributed by atoms with Crippen molar-refractivity contribution in [1.29, 1.82) is 5.26 Å². The van der Waals surface area contributed by atoms with Gasteiger partial charge in [-0.05, 0) is 37.0 Å². The van der Waals surface area contributed by atoms with Gasteiger partial charge in [-0.2, -0.15) is 5.26 Å². The maximum absolute atomic E-state index is 13.8. The van der Waals surface area contributed by atoms with Crippen molar-refractivity contribution in [1.82, 2.24) is 4.57 Å². The van der Waals surface area contributed by atoms with Crippen LogP contribution >= 0.6 is 15.9 Å². The molecule has 2 N–H and O–H groups in total. The maximum Gasteiger partial charge on any atom is 0.258 e. The van der Waals surface area contributed by atoms with Gasteiger partial charge in [-0.15, -0.1) is 0 Å². The molecule has 0 spiro atoms. The summed E-state index contributed by atoms with van der Waals surface area (Å²) in [6.45, 7) is 3.32. The second-order valence-electron chi connectivity index (χ2n) is 7.69. The van der Waals surface area contributed by atoms with Crippen molar-refractivity contribution in [2.24, 2.45) is 5.73 Å². The van der Waals surface area contributed by atoms with E-state index in [2.05, 4.69) is 28.9 Å². The summed E-state index contributed by atoms with van der Waals surface area (Å²) in [6.07, 6.45) is 3.62. The Balaban J connectivity index is 1.92. The number of rotatable bonds is 5. The van der Waals surface area contributed by atoms with Crippen LogP contribution in [0.4, 0.5) is 0 Å². The van der Waals surface area contributed by atoms with Crippen molar-refractivity contribution in [2.45, 2.75) is 51.2 Å². The number of hydrogen-bond donors (Lipinski definition) is 1. The third-order valence-corrected chi connectivity index (χ3v) is 6.16. The number of nitriles is 1. The highest BCUT2D eigenvalue weighted by Crippen LogP contribution is 2.41. The van der Waals surface area contributed by atoms with Gasteiger partial charge in [-0.3, -0.25) is 4.79 Å². The molecule has 4 rings (SSSR count). The Labute approximate surface area is 184 Å². The topological polar surface area (TPSA) is 90.3 Å². The van der Waals surface area contributed by atoms with Gasteiger partial charge in [-0.25, -0.2) is 0 Å². The number of allylic oxidation sites excluding steroid dienone is 1. The van der Waals surface area contributed by atoms with E-state index in [4.69, 9.17) is 15.2 Å². The molecule has 6 nitrogen and oxygen atoms in total. The highest BCUT2D eigenvalue weighted by Gasteiger charge is 2.35. The molecular formula is C23H24BrN3O3. The quantitative estimate of drug-likeness (QED) is 0.715. The number of ether oxygens (including phenoxy) is 2. The molecule has 7 heteroatoms. The van der Waals surface area contributed by atoms with Crippen molar-refractivity contribution in [3.05, 3.63) is 73.4 Å². The Bertz CT molecular complexity index is 1090. The van der Waals surface area contributed by atoms with Crippen molar-refractivity contribution in [3.63, 3.8) is 0 Å². The Morgan fingerprint density at radius 2 is 2.20 bits per heavy atom. The largest absolute Gasteiger partial charge is 0.440 e. The minimum Gasteiger partial charge on any atom is -0.440 e. The smallest absolute Gasteiger partial charge is 0.258 e. The van der Waals surface area contributed by atoms with E-state index < -0.39 is 5.92 Å². The SMILES string of the molecule is CCCc1cc2c(c(=O)n1CC1CCCO1)C(c1cccc(Br)c1)C(C#N)=C(N)O2. The summed E-state index contributed by atoms with van der Waals surface area (Å²) in [7, 11) is 0. The first-order chi connectivity index (χ1) is 14.5. The molecule has 0 radical (unpaired) electrons. The van der Waals surface area contributed by atoms with Crippen LogP contribution in [0.1, 0.15) is 48.9 Å². The molecule has 0 bridgehead atoms. The zero-order valence-corrected chi connectivity index (χ0v) is 18.4. The standard InChI is InChI=1S/C23H24BrN3O3/c1-2-5-16-11-19-21(23(28)27(16)13-17-8-4-9-29-17)20(18(12-25)22(26)30-19)14-6-3-7-15(24)10-14/h3,6-7,10-11,17,20H,2,4-5,8-9,13,26H2,1H3. The molecule has 156 valence electrons. The summed E-state index contributed by atoms with van der Waals surface area (Å²) < 4.78 is 14.3. The molecule has 2 atom stereocenters. The van der Waals surface area contributed by atoms with Crippen LogP contribution in [0.5, 0.6) is 5.75 Å². The summed E-state index contributed by atoms with van der Waals surface area (Å²) in [5, 5.41) is 9.81. The number of fused-ring (bicyclic) bond motifs is 1. The van der Waals surface area contributed by atoms with E-state index in [1.807, 2.05) is 34.9 Å². The normalized spacial score (nSPS) is 20.6. The molecule has 2 unspecified atom stereocenters. The van der Waals surface area contributed by atoms with Crippen LogP contribution in [0, 0.1) is 11.3 Å². The van der Waals surface area contributed by atoms with Crippen LogP contribution in [0.25, 0.3) is 0 Å². The molecule has 2 aliphatic rings. The minimum atomic E-state index is -0.574. The average Bonchev–Trinajstić information content (AvgIpc) is 3.23. The van der Waals surface area contributed by atoms with E-state index >= 15 is 0 Å². The van der Waals surface area contributed by atoms with Gasteiger partial charge >= 0.3 is 0 Å². The number of aromatic nitrogens is 1. The Hall–Kier alpha value is -2.56. The van der Waals surface area contributed by atoms with Crippen molar-refractivity contribution >= 4 is 15.9 Å².